The highest BCUT2D eigenvalue weighted by Crippen LogP contribution is 2.37. The van der Waals surface area contributed by atoms with Gasteiger partial charge in [0.25, 0.3) is 0 Å². The summed E-state index contributed by atoms with van der Waals surface area (Å²) in [5, 5.41) is 4.39. The number of carbonyl (C=O) groups is 1. The summed E-state index contributed by atoms with van der Waals surface area (Å²) in [4.78, 5) is 13.4. The zero-order chi connectivity index (χ0) is 27.0. The Kier molecular flexibility index (Phi) is 8.42. The number of aryl methyl sites for hydroxylation is 2. The Bertz CT molecular complexity index is 1520. The maximum absolute atomic E-state index is 13.4. The van der Waals surface area contributed by atoms with E-state index in [2.05, 4.69) is 72.4 Å². The predicted octanol–water partition coefficient (Wildman–Crippen LogP) is 7.90. The van der Waals surface area contributed by atoms with Crippen LogP contribution in [0.25, 0.3) is 10.9 Å². The second-order valence-electron chi connectivity index (χ2n) is 9.87. The van der Waals surface area contributed by atoms with Crippen LogP contribution in [0.4, 0.5) is 0 Å². The van der Waals surface area contributed by atoms with Crippen LogP contribution in [0.5, 0.6) is 11.5 Å². The van der Waals surface area contributed by atoms with Crippen LogP contribution in [-0.4, -0.2) is 17.0 Å². The molecule has 39 heavy (non-hydrogen) atoms. The lowest BCUT2D eigenvalue weighted by Crippen LogP contribution is -2.27. The van der Waals surface area contributed by atoms with Crippen molar-refractivity contribution >= 4 is 16.8 Å². The smallest absolute Gasteiger partial charge is 0.220 e. The number of benzene rings is 4. The Labute approximate surface area is 231 Å². The maximum atomic E-state index is 13.4. The van der Waals surface area contributed by atoms with Crippen molar-refractivity contribution in [1.82, 2.24) is 9.88 Å². The van der Waals surface area contributed by atoms with Gasteiger partial charge in [0.05, 0.1) is 5.52 Å². The lowest BCUT2D eigenvalue weighted by Gasteiger charge is -2.18. The number of aromatic nitrogens is 1. The molecule has 1 aromatic heterocycles. The number of ether oxygens (including phenoxy) is 1. The van der Waals surface area contributed by atoms with Crippen LogP contribution in [-0.2, 0) is 24.2 Å². The molecule has 0 saturated carbocycles. The van der Waals surface area contributed by atoms with E-state index in [4.69, 9.17) is 4.74 Å². The van der Waals surface area contributed by atoms with Crippen LogP contribution in [0.2, 0.25) is 0 Å². The Balaban J connectivity index is 1.47. The molecule has 1 N–H and O–H groups in total. The molecule has 1 unspecified atom stereocenters. The third kappa shape index (κ3) is 6.23. The maximum Gasteiger partial charge on any atom is 0.220 e. The van der Waals surface area contributed by atoms with E-state index in [1.54, 1.807) is 0 Å². The molecule has 0 aliphatic rings. The predicted molar refractivity (Wildman–Crippen MR) is 160 cm³/mol. The van der Waals surface area contributed by atoms with Crippen LogP contribution in [0, 0.1) is 0 Å². The highest BCUT2D eigenvalue weighted by atomic mass is 16.5. The minimum Gasteiger partial charge on any atom is -0.457 e. The average Bonchev–Trinajstić information content (AvgIpc) is 3.36. The molecule has 0 spiro atoms. The summed E-state index contributed by atoms with van der Waals surface area (Å²) in [7, 11) is 0. The first kappa shape index (κ1) is 26.3. The highest BCUT2D eigenvalue weighted by Gasteiger charge is 2.24. The van der Waals surface area contributed by atoms with E-state index in [9.17, 15) is 4.79 Å². The van der Waals surface area contributed by atoms with Gasteiger partial charge >= 0.3 is 0 Å². The molecule has 5 rings (SSSR count). The fraction of sp³-hybridized carbons (Fsp3) is 0.229. The lowest BCUT2D eigenvalue weighted by atomic mass is 9.87. The zero-order valence-electron chi connectivity index (χ0n) is 22.8. The van der Waals surface area contributed by atoms with Gasteiger partial charge in [-0.1, -0.05) is 85.8 Å². The molecule has 1 atom stereocenters. The van der Waals surface area contributed by atoms with Gasteiger partial charge in [-0.15, -0.1) is 0 Å². The largest absolute Gasteiger partial charge is 0.457 e. The van der Waals surface area contributed by atoms with E-state index >= 15 is 0 Å². The average molecular weight is 517 g/mol. The molecule has 0 saturated heterocycles. The molecule has 0 bridgehead atoms. The van der Waals surface area contributed by atoms with E-state index in [1.807, 2.05) is 60.7 Å². The van der Waals surface area contributed by atoms with Gasteiger partial charge in [-0.25, -0.2) is 0 Å². The van der Waals surface area contributed by atoms with Crippen molar-refractivity contribution < 1.29 is 9.53 Å². The fourth-order valence-electron chi connectivity index (χ4n) is 5.35. The van der Waals surface area contributed by atoms with Crippen LogP contribution in [0.1, 0.15) is 48.4 Å². The van der Waals surface area contributed by atoms with Crippen LogP contribution in [0.3, 0.4) is 0 Å². The normalized spacial score (nSPS) is 11.8. The first-order valence-corrected chi connectivity index (χ1v) is 13.9. The molecule has 4 heteroatoms. The van der Waals surface area contributed by atoms with Crippen molar-refractivity contribution in [2.24, 2.45) is 0 Å². The molecular weight excluding hydrogens is 480 g/mol. The van der Waals surface area contributed by atoms with Crippen molar-refractivity contribution in [3.8, 4) is 11.5 Å². The quantitative estimate of drug-likeness (QED) is 0.194. The summed E-state index contributed by atoms with van der Waals surface area (Å²) < 4.78 is 8.50. The number of nitrogens with zero attached hydrogens (tertiary/aromatic N) is 1. The van der Waals surface area contributed by atoms with Crippen molar-refractivity contribution in [3.05, 3.63) is 132 Å². The molecule has 0 aliphatic heterocycles. The number of carbonyl (C=O) groups excluding carboxylic acids is 1. The minimum absolute atomic E-state index is 0.0503. The van der Waals surface area contributed by atoms with E-state index < -0.39 is 0 Å². The molecular formula is C35H36N2O2. The van der Waals surface area contributed by atoms with Gasteiger partial charge in [-0.3, -0.25) is 4.79 Å². The van der Waals surface area contributed by atoms with Gasteiger partial charge in [0.1, 0.15) is 11.5 Å². The third-order valence-electron chi connectivity index (χ3n) is 7.32. The van der Waals surface area contributed by atoms with Crippen molar-refractivity contribution in [3.63, 3.8) is 0 Å². The monoisotopic (exact) mass is 516 g/mol. The first-order valence-electron chi connectivity index (χ1n) is 13.9. The first-order chi connectivity index (χ1) is 19.2. The molecule has 4 nitrogen and oxygen atoms in total. The van der Waals surface area contributed by atoms with Crippen molar-refractivity contribution in [1.29, 1.82) is 0 Å². The second-order valence-corrected chi connectivity index (χ2v) is 9.87. The molecule has 4 aromatic carbocycles. The summed E-state index contributed by atoms with van der Waals surface area (Å²) in [6.07, 6.45) is 4.39. The molecule has 0 aliphatic carbocycles. The Hall–Kier alpha value is -4.31. The van der Waals surface area contributed by atoms with E-state index in [0.29, 0.717) is 13.0 Å². The summed E-state index contributed by atoms with van der Waals surface area (Å²) in [6, 6.07) is 34.8. The molecule has 198 valence electrons. The fourth-order valence-corrected chi connectivity index (χ4v) is 5.35. The van der Waals surface area contributed by atoms with Crippen molar-refractivity contribution in [2.45, 2.75) is 45.6 Å². The Morgan fingerprint density at radius 3 is 2.31 bits per heavy atom. The molecule has 1 heterocycles. The summed E-state index contributed by atoms with van der Waals surface area (Å²) >= 11 is 0. The molecule has 1 amide bonds. The SMILES string of the molecule is CCc1cccc2c(C(CC(=O)NCCc3ccccc3)c3cccc(Oc4ccccc4)c3)cn(CC)c12. The summed E-state index contributed by atoms with van der Waals surface area (Å²) in [5.74, 6) is 1.50. The van der Waals surface area contributed by atoms with Gasteiger partial charge < -0.3 is 14.6 Å². The van der Waals surface area contributed by atoms with E-state index in [-0.39, 0.29) is 11.8 Å². The standard InChI is InChI=1S/C35H36N2O2/c1-3-27-15-12-20-31-33(25-37(4-2)35(27)31)32(24-34(38)36-22-21-26-13-7-5-8-14-26)28-16-11-19-30(23-28)39-29-17-9-6-10-18-29/h5-20,23,25,32H,3-4,21-22,24H2,1-2H3,(H,36,38). The third-order valence-corrected chi connectivity index (χ3v) is 7.32. The van der Waals surface area contributed by atoms with Crippen LogP contribution < -0.4 is 10.1 Å². The zero-order valence-corrected chi connectivity index (χ0v) is 22.8. The number of nitrogens with one attached hydrogen (secondary N) is 1. The Morgan fingerprint density at radius 1 is 0.846 bits per heavy atom. The topological polar surface area (TPSA) is 43.3 Å². The molecule has 0 radical (unpaired) electrons. The number of fused-ring (bicyclic) bond motifs is 1. The highest BCUT2D eigenvalue weighted by molar-refractivity contribution is 5.89. The van der Waals surface area contributed by atoms with Gasteiger partial charge in [-0.2, -0.15) is 0 Å². The van der Waals surface area contributed by atoms with Crippen LogP contribution in [0.15, 0.2) is 109 Å². The number of hydrogen-bond acceptors (Lipinski definition) is 2. The summed E-state index contributed by atoms with van der Waals surface area (Å²) in [5.41, 5.74) is 6.06. The Morgan fingerprint density at radius 2 is 1.56 bits per heavy atom. The number of amides is 1. The van der Waals surface area contributed by atoms with Gasteiger partial charge in [0.2, 0.25) is 5.91 Å². The van der Waals surface area contributed by atoms with Crippen molar-refractivity contribution in [2.75, 3.05) is 6.54 Å². The molecule has 0 fully saturated rings. The van der Waals surface area contributed by atoms with E-state index in [0.717, 1.165) is 36.4 Å². The summed E-state index contributed by atoms with van der Waals surface area (Å²) in [6.45, 7) is 5.86. The van der Waals surface area contributed by atoms with Crippen LogP contribution >= 0.6 is 0 Å². The number of hydrogen-bond donors (Lipinski definition) is 1. The van der Waals surface area contributed by atoms with Gasteiger partial charge in [0, 0.05) is 37.0 Å². The second kappa shape index (κ2) is 12.5. The number of para-hydroxylation sites is 2. The minimum atomic E-state index is -0.108. The number of rotatable bonds is 11. The molecule has 5 aromatic rings. The van der Waals surface area contributed by atoms with Gasteiger partial charge in [0.15, 0.2) is 0 Å². The van der Waals surface area contributed by atoms with Gasteiger partial charge in [-0.05, 0) is 66.3 Å². The van der Waals surface area contributed by atoms with E-state index in [1.165, 1.54) is 27.6 Å². The lowest BCUT2D eigenvalue weighted by molar-refractivity contribution is -0.121.